The van der Waals surface area contributed by atoms with Gasteiger partial charge in [0, 0.05) is 17.5 Å². The Hall–Kier alpha value is -2.29. The van der Waals surface area contributed by atoms with Crippen molar-refractivity contribution < 1.29 is 27.4 Å². The third kappa shape index (κ3) is 3.06. The monoisotopic (exact) mass is 437 g/mol. The maximum atomic E-state index is 13.4. The molecule has 2 aliphatic rings. The Labute approximate surface area is 173 Å². The molecule has 2 aromatic rings. The lowest BCUT2D eigenvalue weighted by molar-refractivity contribution is -0.149. The van der Waals surface area contributed by atoms with E-state index in [1.165, 1.54) is 24.3 Å². The van der Waals surface area contributed by atoms with Crippen LogP contribution in [0.2, 0.25) is 5.02 Å². The van der Waals surface area contributed by atoms with Crippen molar-refractivity contribution in [2.45, 2.75) is 23.0 Å². The van der Waals surface area contributed by atoms with Crippen LogP contribution in [-0.4, -0.2) is 39.6 Å². The highest BCUT2D eigenvalue weighted by molar-refractivity contribution is 7.92. The van der Waals surface area contributed by atoms with Gasteiger partial charge in [0.2, 0.25) is 6.79 Å². The first kappa shape index (κ1) is 20.0. The third-order valence-corrected chi connectivity index (χ3v) is 8.02. The van der Waals surface area contributed by atoms with Crippen molar-refractivity contribution in [1.82, 2.24) is 0 Å². The number of carbonyl (C=O) groups excluding carboxylic acids is 1. The number of rotatable bonds is 6. The van der Waals surface area contributed by atoms with Crippen LogP contribution in [0.5, 0.6) is 11.5 Å². The van der Waals surface area contributed by atoms with Crippen LogP contribution >= 0.6 is 11.6 Å². The summed E-state index contributed by atoms with van der Waals surface area (Å²) in [6.07, 6.45) is 0. The molecule has 1 aliphatic carbocycles. The number of halogens is 1. The Morgan fingerprint density at radius 1 is 1.21 bits per heavy atom. The second kappa shape index (κ2) is 7.19. The molecule has 1 saturated carbocycles. The van der Waals surface area contributed by atoms with Gasteiger partial charge in [-0.25, -0.2) is 8.42 Å². The molecule has 154 valence electrons. The largest absolute Gasteiger partial charge is 0.465 e. The van der Waals surface area contributed by atoms with Crippen molar-refractivity contribution in [3.8, 4) is 11.5 Å². The molecule has 1 heterocycles. The van der Waals surface area contributed by atoms with E-state index in [9.17, 15) is 13.2 Å². The van der Waals surface area contributed by atoms with Gasteiger partial charge in [0.1, 0.15) is 5.41 Å². The van der Waals surface area contributed by atoms with Gasteiger partial charge in [0.05, 0.1) is 16.8 Å². The van der Waals surface area contributed by atoms with Gasteiger partial charge < -0.3 is 19.9 Å². The summed E-state index contributed by atoms with van der Waals surface area (Å²) in [5.74, 6) is -0.206. The van der Waals surface area contributed by atoms with Crippen LogP contribution in [-0.2, 0) is 19.4 Å². The average molecular weight is 438 g/mol. The summed E-state index contributed by atoms with van der Waals surface area (Å²) >= 11 is 5.90. The average Bonchev–Trinajstić information content (AvgIpc) is 3.20. The Morgan fingerprint density at radius 2 is 1.90 bits per heavy atom. The van der Waals surface area contributed by atoms with E-state index in [1.54, 1.807) is 25.1 Å². The lowest BCUT2D eigenvalue weighted by Gasteiger charge is -2.14. The Morgan fingerprint density at radius 3 is 2.55 bits per heavy atom. The zero-order valence-corrected chi connectivity index (χ0v) is 17.2. The Balaban J connectivity index is 1.81. The van der Waals surface area contributed by atoms with Crippen molar-refractivity contribution in [3.05, 3.63) is 53.1 Å². The Bertz CT molecular complexity index is 1060. The first-order chi connectivity index (χ1) is 13.9. The molecule has 0 radical (unpaired) electrons. The van der Waals surface area contributed by atoms with Crippen molar-refractivity contribution in [2.24, 2.45) is 11.1 Å². The lowest BCUT2D eigenvalue weighted by atomic mass is 9.99. The van der Waals surface area contributed by atoms with Crippen LogP contribution in [0.4, 0.5) is 0 Å². The van der Waals surface area contributed by atoms with E-state index in [0.717, 1.165) is 0 Å². The van der Waals surface area contributed by atoms with Crippen LogP contribution < -0.4 is 15.2 Å². The highest BCUT2D eigenvalue weighted by Gasteiger charge is 2.75. The molecule has 7 nitrogen and oxygen atoms in total. The van der Waals surface area contributed by atoms with E-state index in [2.05, 4.69) is 0 Å². The van der Waals surface area contributed by atoms with Gasteiger partial charge in [0.25, 0.3) is 0 Å². The molecule has 9 heteroatoms. The third-order valence-electron chi connectivity index (χ3n) is 5.48. The molecular formula is C20H20ClNO6S. The number of carbonyl (C=O) groups is 1. The second-order valence-electron chi connectivity index (χ2n) is 6.97. The van der Waals surface area contributed by atoms with Gasteiger partial charge in [-0.1, -0.05) is 17.7 Å². The van der Waals surface area contributed by atoms with Crippen LogP contribution in [0, 0.1) is 5.41 Å². The van der Waals surface area contributed by atoms with E-state index in [0.29, 0.717) is 22.1 Å². The number of nitrogens with two attached hydrogens (primary N) is 1. The van der Waals surface area contributed by atoms with Crippen molar-refractivity contribution >= 4 is 27.4 Å². The summed E-state index contributed by atoms with van der Waals surface area (Å²) in [7, 11) is -3.89. The molecule has 0 aromatic heterocycles. The van der Waals surface area contributed by atoms with Gasteiger partial charge in [-0.05, 0) is 48.9 Å². The summed E-state index contributed by atoms with van der Waals surface area (Å²) in [5.41, 5.74) is 5.25. The maximum absolute atomic E-state index is 13.4. The van der Waals surface area contributed by atoms with Crippen LogP contribution in [0.25, 0.3) is 0 Å². The summed E-state index contributed by atoms with van der Waals surface area (Å²) in [6, 6.07) is 11.0. The van der Waals surface area contributed by atoms with E-state index < -0.39 is 32.4 Å². The number of hydrogen-bond acceptors (Lipinski definition) is 7. The van der Waals surface area contributed by atoms with E-state index in [1.807, 2.05) is 0 Å². The second-order valence-corrected chi connectivity index (χ2v) is 9.48. The topological polar surface area (TPSA) is 105 Å². The first-order valence-corrected chi connectivity index (χ1v) is 11.0. The number of esters is 1. The lowest BCUT2D eigenvalue weighted by Crippen LogP contribution is -2.33. The van der Waals surface area contributed by atoms with Crippen LogP contribution in [0.15, 0.2) is 47.4 Å². The van der Waals surface area contributed by atoms with Crippen LogP contribution in [0.1, 0.15) is 18.4 Å². The fourth-order valence-corrected chi connectivity index (χ4v) is 6.55. The van der Waals surface area contributed by atoms with E-state index in [4.69, 9.17) is 31.5 Å². The highest BCUT2D eigenvalue weighted by atomic mass is 35.5. The normalized spacial score (nSPS) is 24.9. The maximum Gasteiger partial charge on any atom is 0.315 e. The van der Waals surface area contributed by atoms with Gasteiger partial charge in [-0.3, -0.25) is 4.79 Å². The van der Waals surface area contributed by atoms with Gasteiger partial charge >= 0.3 is 5.97 Å². The summed E-state index contributed by atoms with van der Waals surface area (Å²) in [4.78, 5) is 13.0. The zero-order valence-electron chi connectivity index (χ0n) is 15.6. The summed E-state index contributed by atoms with van der Waals surface area (Å²) in [5, 5.41) is -0.636. The molecule has 29 heavy (non-hydrogen) atoms. The molecule has 3 atom stereocenters. The fourth-order valence-electron chi connectivity index (χ4n) is 4.05. The Kier molecular flexibility index (Phi) is 4.96. The quantitative estimate of drug-likeness (QED) is 0.692. The van der Waals surface area contributed by atoms with Crippen molar-refractivity contribution in [1.29, 1.82) is 0 Å². The molecule has 1 fully saturated rings. The number of hydrogen-bond donors (Lipinski definition) is 1. The minimum Gasteiger partial charge on any atom is -0.465 e. The summed E-state index contributed by atoms with van der Waals surface area (Å²) < 4.78 is 42.8. The smallest absolute Gasteiger partial charge is 0.315 e. The molecule has 0 unspecified atom stereocenters. The number of fused-ring (bicyclic) bond motifs is 1. The number of sulfone groups is 1. The highest BCUT2D eigenvalue weighted by Crippen LogP contribution is 2.64. The predicted molar refractivity (Wildman–Crippen MR) is 106 cm³/mol. The zero-order chi connectivity index (χ0) is 20.8. The molecule has 4 rings (SSSR count). The van der Waals surface area contributed by atoms with Gasteiger partial charge in [-0.2, -0.15) is 0 Å². The van der Waals surface area contributed by atoms with Gasteiger partial charge in [-0.15, -0.1) is 0 Å². The molecule has 0 saturated heterocycles. The van der Waals surface area contributed by atoms with Crippen molar-refractivity contribution in [3.63, 3.8) is 0 Å². The molecule has 2 N–H and O–H groups in total. The minimum absolute atomic E-state index is 0.0808. The molecule has 0 bridgehead atoms. The molecule has 1 aliphatic heterocycles. The molecule has 0 spiro atoms. The van der Waals surface area contributed by atoms with Gasteiger partial charge in [0.15, 0.2) is 21.3 Å². The number of ether oxygens (including phenoxy) is 3. The number of benzene rings is 2. The molecule has 0 amide bonds. The SMILES string of the molecule is CCOC(=O)[C@@]1(CN)[C@H](S(=O)(=O)c2ccc(Cl)cc2)[C@@H]1c1ccc2c(c1)OCO2. The van der Waals surface area contributed by atoms with Crippen molar-refractivity contribution in [2.75, 3.05) is 19.9 Å². The predicted octanol–water partition coefficient (Wildman–Crippen LogP) is 2.52. The molecular weight excluding hydrogens is 418 g/mol. The van der Waals surface area contributed by atoms with E-state index in [-0.39, 0.29) is 24.8 Å². The van der Waals surface area contributed by atoms with E-state index >= 15 is 0 Å². The first-order valence-electron chi connectivity index (χ1n) is 9.12. The fraction of sp³-hybridized carbons (Fsp3) is 0.350. The summed E-state index contributed by atoms with van der Waals surface area (Å²) in [6.45, 7) is 1.73. The minimum atomic E-state index is -3.89. The molecule has 2 aromatic carbocycles. The van der Waals surface area contributed by atoms with Crippen LogP contribution in [0.3, 0.4) is 0 Å². The standard InChI is InChI=1S/C20H20ClNO6S/c1-2-26-19(23)20(10-22)17(12-3-8-15-16(9-12)28-11-27-15)18(20)29(24,25)14-6-4-13(21)5-7-14/h3-9,17-18H,2,10-11,22H2,1H3/t17-,18+,20+/m0/s1.